The summed E-state index contributed by atoms with van der Waals surface area (Å²) in [7, 11) is 0. The lowest BCUT2D eigenvalue weighted by molar-refractivity contribution is 0.0956. The van der Waals surface area contributed by atoms with Gasteiger partial charge in [-0.15, -0.1) is 0 Å². The summed E-state index contributed by atoms with van der Waals surface area (Å²) in [5, 5.41) is 19.7. The van der Waals surface area contributed by atoms with Crippen molar-refractivity contribution in [3.05, 3.63) is 87.3 Å². The van der Waals surface area contributed by atoms with E-state index in [1.165, 1.54) is 0 Å². The van der Waals surface area contributed by atoms with Gasteiger partial charge in [0.2, 0.25) is 0 Å². The van der Waals surface area contributed by atoms with Crippen LogP contribution in [0.1, 0.15) is 64.9 Å². The number of thioether (sulfide) groups is 1. The van der Waals surface area contributed by atoms with Crippen LogP contribution in [0, 0.1) is 24.2 Å². The van der Waals surface area contributed by atoms with Crippen LogP contribution in [0.3, 0.4) is 0 Å². The molecule has 3 aromatic rings. The summed E-state index contributed by atoms with van der Waals surface area (Å²) < 4.78 is 6.07. The second-order valence-corrected chi connectivity index (χ2v) is 10.6. The third-order valence-corrected chi connectivity index (χ3v) is 7.45. The Bertz CT molecular complexity index is 1360. The quantitative estimate of drug-likeness (QED) is 0.307. The number of hydrazone groups is 1. The lowest BCUT2D eigenvalue weighted by atomic mass is 9.87. The van der Waals surface area contributed by atoms with Crippen LogP contribution in [0.4, 0.5) is 5.69 Å². The van der Waals surface area contributed by atoms with Gasteiger partial charge in [-0.05, 0) is 67.6 Å². The van der Waals surface area contributed by atoms with Gasteiger partial charge in [-0.3, -0.25) is 9.80 Å². The van der Waals surface area contributed by atoms with E-state index in [1.807, 2.05) is 54.6 Å². The van der Waals surface area contributed by atoms with Gasteiger partial charge < -0.3 is 9.73 Å². The normalized spacial score (nSPS) is 17.0. The number of aryl methyl sites for hydroxylation is 2. The molecule has 0 aliphatic carbocycles. The molecule has 1 amide bonds. The Labute approximate surface area is 227 Å². The van der Waals surface area contributed by atoms with Crippen LogP contribution in [0.15, 0.2) is 58.0 Å². The smallest absolute Gasteiger partial charge is 0.251 e. The van der Waals surface area contributed by atoms with Crippen molar-refractivity contribution >= 4 is 40.7 Å². The monoisotopic (exact) mass is 534 g/mol. The molecule has 2 unspecified atom stereocenters. The molecular formula is C29H31ClN4O2S. The van der Waals surface area contributed by atoms with Gasteiger partial charge in [0, 0.05) is 29.3 Å². The maximum absolute atomic E-state index is 12.7. The van der Waals surface area contributed by atoms with Crippen LogP contribution in [0.2, 0.25) is 5.02 Å². The van der Waals surface area contributed by atoms with Crippen LogP contribution < -0.4 is 10.3 Å². The molecule has 1 N–H and O–H groups in total. The molecule has 1 aliphatic rings. The molecule has 0 saturated carbocycles. The number of furan rings is 1. The SMILES string of the molecule is CCCc1cc(C(=O)NCCSC)ccc1C1=NN(c2ccc(C#N)c(Cl)c2)C(c2ccc(C)o2)C1C. The summed E-state index contributed by atoms with van der Waals surface area (Å²) >= 11 is 8.10. The van der Waals surface area contributed by atoms with Crippen molar-refractivity contribution in [2.75, 3.05) is 23.6 Å². The number of hydrogen-bond acceptors (Lipinski definition) is 6. The van der Waals surface area contributed by atoms with Gasteiger partial charge in [-0.25, -0.2) is 0 Å². The van der Waals surface area contributed by atoms with Gasteiger partial charge in [0.15, 0.2) is 0 Å². The van der Waals surface area contributed by atoms with Crippen molar-refractivity contribution in [3.8, 4) is 6.07 Å². The van der Waals surface area contributed by atoms with Gasteiger partial charge in [0.05, 0.1) is 22.0 Å². The summed E-state index contributed by atoms with van der Waals surface area (Å²) in [6.45, 7) is 6.84. The van der Waals surface area contributed by atoms with Gasteiger partial charge in [0.25, 0.3) is 5.91 Å². The van der Waals surface area contributed by atoms with Gasteiger partial charge in [-0.1, -0.05) is 37.9 Å². The van der Waals surface area contributed by atoms with E-state index in [4.69, 9.17) is 21.1 Å². The Kier molecular flexibility index (Phi) is 8.63. The fourth-order valence-corrected chi connectivity index (χ4v) is 5.22. The summed E-state index contributed by atoms with van der Waals surface area (Å²) in [5.74, 6) is 2.46. The zero-order valence-corrected chi connectivity index (χ0v) is 23.1. The van der Waals surface area contributed by atoms with Gasteiger partial charge in [0.1, 0.15) is 23.6 Å². The molecule has 1 aromatic heterocycles. The largest absolute Gasteiger partial charge is 0.464 e. The molecule has 2 atom stereocenters. The molecule has 6 nitrogen and oxygen atoms in total. The minimum atomic E-state index is -0.184. The van der Waals surface area contributed by atoms with Crippen molar-refractivity contribution in [2.45, 2.75) is 39.7 Å². The number of nitrogens with zero attached hydrogens (tertiary/aromatic N) is 3. The molecule has 1 aliphatic heterocycles. The van der Waals surface area contributed by atoms with Crippen LogP contribution in [0.25, 0.3) is 0 Å². The number of amides is 1. The minimum absolute atomic E-state index is 0.00293. The van der Waals surface area contributed by atoms with Gasteiger partial charge >= 0.3 is 0 Å². The fraction of sp³-hybridized carbons (Fsp3) is 0.345. The summed E-state index contributed by atoms with van der Waals surface area (Å²) in [6, 6.07) is 17.1. The first kappa shape index (κ1) is 26.8. The van der Waals surface area contributed by atoms with Crippen molar-refractivity contribution in [1.82, 2.24) is 5.32 Å². The van der Waals surface area contributed by atoms with Crippen molar-refractivity contribution in [2.24, 2.45) is 11.0 Å². The molecule has 0 fully saturated rings. The number of benzene rings is 2. The zero-order chi connectivity index (χ0) is 26.5. The lowest BCUT2D eigenvalue weighted by Crippen LogP contribution is -2.26. The Morgan fingerprint density at radius 1 is 1.24 bits per heavy atom. The Hall–Kier alpha value is -3.21. The molecule has 0 bridgehead atoms. The average Bonchev–Trinajstić information content (AvgIpc) is 3.46. The number of nitrogens with one attached hydrogen (secondary N) is 1. The van der Waals surface area contributed by atoms with Crippen molar-refractivity contribution < 1.29 is 9.21 Å². The highest BCUT2D eigenvalue weighted by molar-refractivity contribution is 7.98. The molecular weight excluding hydrogens is 504 g/mol. The van der Waals surface area contributed by atoms with E-state index >= 15 is 0 Å². The standard InChI is InChI=1S/C29H31ClN4O2S/c1-5-6-20-15-21(29(35)32-13-14-37-4)9-11-24(20)27-19(3)28(26-12-7-18(2)36-26)34(33-27)23-10-8-22(17-31)25(30)16-23/h7-12,15-16,19,28H,5-6,13-14H2,1-4H3,(H,32,35). The van der Waals surface area contributed by atoms with Crippen molar-refractivity contribution in [3.63, 3.8) is 0 Å². The lowest BCUT2D eigenvalue weighted by Gasteiger charge is -2.25. The van der Waals surface area contributed by atoms with Crippen LogP contribution in [-0.4, -0.2) is 30.2 Å². The number of anilines is 1. The first-order valence-electron chi connectivity index (χ1n) is 12.4. The summed E-state index contributed by atoms with van der Waals surface area (Å²) in [6.07, 6.45) is 3.80. The molecule has 0 spiro atoms. The predicted molar refractivity (Wildman–Crippen MR) is 152 cm³/mol. The zero-order valence-electron chi connectivity index (χ0n) is 21.5. The Morgan fingerprint density at radius 3 is 2.70 bits per heavy atom. The van der Waals surface area contributed by atoms with Crippen molar-refractivity contribution in [1.29, 1.82) is 5.26 Å². The number of halogens is 1. The number of carbonyl (C=O) groups is 1. The highest BCUT2D eigenvalue weighted by Crippen LogP contribution is 2.42. The maximum Gasteiger partial charge on any atom is 0.251 e. The highest BCUT2D eigenvalue weighted by Gasteiger charge is 2.39. The average molecular weight is 535 g/mol. The molecule has 0 radical (unpaired) electrons. The highest BCUT2D eigenvalue weighted by atomic mass is 35.5. The van der Waals surface area contributed by atoms with Crippen LogP contribution in [-0.2, 0) is 6.42 Å². The second kappa shape index (κ2) is 11.9. The number of hydrogen-bond donors (Lipinski definition) is 1. The van der Waals surface area contributed by atoms with E-state index in [0.717, 1.165) is 52.6 Å². The molecule has 4 rings (SSSR count). The summed E-state index contributed by atoms with van der Waals surface area (Å²) in [5.41, 5.74) is 4.92. The van der Waals surface area contributed by atoms with E-state index in [1.54, 1.807) is 23.9 Å². The van der Waals surface area contributed by atoms with E-state index in [2.05, 4.69) is 25.2 Å². The Morgan fingerprint density at radius 2 is 2.05 bits per heavy atom. The molecule has 192 valence electrons. The number of nitriles is 1. The second-order valence-electron chi connectivity index (χ2n) is 9.16. The third kappa shape index (κ3) is 5.71. The first-order valence-corrected chi connectivity index (χ1v) is 14.2. The number of carbonyl (C=O) groups excluding carboxylic acids is 1. The fourth-order valence-electron chi connectivity index (χ4n) is 4.69. The Balaban J connectivity index is 1.76. The van der Waals surface area contributed by atoms with Crippen LogP contribution >= 0.6 is 23.4 Å². The van der Waals surface area contributed by atoms with Crippen LogP contribution in [0.5, 0.6) is 0 Å². The third-order valence-electron chi connectivity index (χ3n) is 6.53. The molecule has 2 aromatic carbocycles. The molecule has 37 heavy (non-hydrogen) atoms. The topological polar surface area (TPSA) is 81.6 Å². The van der Waals surface area contributed by atoms with E-state index in [0.29, 0.717) is 22.7 Å². The maximum atomic E-state index is 12.7. The number of rotatable bonds is 9. The first-order chi connectivity index (χ1) is 17.9. The predicted octanol–water partition coefficient (Wildman–Crippen LogP) is 6.76. The van der Waals surface area contributed by atoms with E-state index < -0.39 is 0 Å². The van der Waals surface area contributed by atoms with E-state index in [9.17, 15) is 10.1 Å². The molecule has 8 heteroatoms. The summed E-state index contributed by atoms with van der Waals surface area (Å²) in [4.78, 5) is 12.7. The van der Waals surface area contributed by atoms with Gasteiger partial charge in [-0.2, -0.15) is 22.1 Å². The molecule has 2 heterocycles. The minimum Gasteiger partial charge on any atom is -0.464 e. The van der Waals surface area contributed by atoms with E-state index in [-0.39, 0.29) is 17.9 Å². The molecule has 0 saturated heterocycles.